The van der Waals surface area contributed by atoms with Gasteiger partial charge in [0.15, 0.2) is 0 Å². The SMILES string of the molecule is O=C(NCCn1cnccc1=O)c1ccccc1. The Morgan fingerprint density at radius 1 is 1.22 bits per heavy atom. The minimum absolute atomic E-state index is 0.126. The van der Waals surface area contributed by atoms with E-state index in [0.29, 0.717) is 18.7 Å². The van der Waals surface area contributed by atoms with E-state index in [0.717, 1.165) is 0 Å². The molecule has 92 valence electrons. The molecule has 2 aromatic rings. The zero-order valence-corrected chi connectivity index (χ0v) is 9.74. The monoisotopic (exact) mass is 243 g/mol. The molecular formula is C13H13N3O2. The van der Waals surface area contributed by atoms with Crippen molar-refractivity contribution in [3.63, 3.8) is 0 Å². The van der Waals surface area contributed by atoms with Crippen LogP contribution in [0.25, 0.3) is 0 Å². The second-order valence-electron chi connectivity index (χ2n) is 3.73. The van der Waals surface area contributed by atoms with Crippen molar-refractivity contribution in [3.8, 4) is 0 Å². The molecule has 1 aromatic heterocycles. The first-order chi connectivity index (χ1) is 8.77. The molecule has 0 bridgehead atoms. The number of benzene rings is 1. The molecule has 1 amide bonds. The van der Waals surface area contributed by atoms with E-state index < -0.39 is 0 Å². The largest absolute Gasteiger partial charge is 0.350 e. The molecule has 0 aliphatic rings. The van der Waals surface area contributed by atoms with Gasteiger partial charge in [-0.05, 0) is 12.1 Å². The molecule has 5 heteroatoms. The highest BCUT2D eigenvalue weighted by Crippen LogP contribution is 1.97. The molecule has 5 nitrogen and oxygen atoms in total. The topological polar surface area (TPSA) is 64.0 Å². The third-order valence-electron chi connectivity index (χ3n) is 2.47. The molecule has 0 unspecified atom stereocenters. The molecule has 0 aliphatic heterocycles. The number of hydrogen-bond donors (Lipinski definition) is 1. The van der Waals surface area contributed by atoms with Crippen molar-refractivity contribution < 1.29 is 4.79 Å². The molecule has 0 aliphatic carbocycles. The van der Waals surface area contributed by atoms with Crippen molar-refractivity contribution >= 4 is 5.91 Å². The standard InChI is InChI=1S/C13H13N3O2/c17-12-6-7-14-10-16(12)9-8-15-13(18)11-4-2-1-3-5-11/h1-7,10H,8-9H2,(H,15,18). The highest BCUT2D eigenvalue weighted by molar-refractivity contribution is 5.94. The molecule has 0 radical (unpaired) electrons. The van der Waals surface area contributed by atoms with Crippen LogP contribution in [-0.2, 0) is 6.54 Å². The van der Waals surface area contributed by atoms with Crippen molar-refractivity contribution in [2.24, 2.45) is 0 Å². The highest BCUT2D eigenvalue weighted by Gasteiger charge is 2.03. The average molecular weight is 243 g/mol. The molecule has 18 heavy (non-hydrogen) atoms. The quantitative estimate of drug-likeness (QED) is 0.858. The normalized spacial score (nSPS) is 10.0. The van der Waals surface area contributed by atoms with E-state index in [4.69, 9.17) is 0 Å². The predicted octanol–water partition coefficient (Wildman–Crippen LogP) is 0.673. The second-order valence-corrected chi connectivity index (χ2v) is 3.73. The first-order valence-corrected chi connectivity index (χ1v) is 5.61. The van der Waals surface area contributed by atoms with Gasteiger partial charge in [-0.3, -0.25) is 14.2 Å². The molecule has 0 spiro atoms. The van der Waals surface area contributed by atoms with E-state index in [1.165, 1.54) is 23.2 Å². The van der Waals surface area contributed by atoms with Gasteiger partial charge in [0.2, 0.25) is 0 Å². The van der Waals surface area contributed by atoms with Gasteiger partial charge in [-0.25, -0.2) is 4.98 Å². The van der Waals surface area contributed by atoms with E-state index >= 15 is 0 Å². The van der Waals surface area contributed by atoms with Crippen molar-refractivity contribution in [3.05, 3.63) is 64.8 Å². The van der Waals surface area contributed by atoms with Crippen molar-refractivity contribution in [1.29, 1.82) is 0 Å². The Balaban J connectivity index is 1.88. The lowest BCUT2D eigenvalue weighted by atomic mass is 10.2. The Labute approximate surface area is 104 Å². The average Bonchev–Trinajstić information content (AvgIpc) is 2.42. The Morgan fingerprint density at radius 2 is 2.00 bits per heavy atom. The molecule has 1 aromatic carbocycles. The fraction of sp³-hybridized carbons (Fsp3) is 0.154. The van der Waals surface area contributed by atoms with E-state index in [1.807, 2.05) is 6.07 Å². The summed E-state index contributed by atoms with van der Waals surface area (Å²) >= 11 is 0. The van der Waals surface area contributed by atoms with Crippen molar-refractivity contribution in [1.82, 2.24) is 14.9 Å². The van der Waals surface area contributed by atoms with Crippen LogP contribution in [0, 0.1) is 0 Å². The zero-order chi connectivity index (χ0) is 12.8. The maximum Gasteiger partial charge on any atom is 0.253 e. The molecule has 0 saturated carbocycles. The third-order valence-corrected chi connectivity index (χ3v) is 2.47. The van der Waals surface area contributed by atoms with Gasteiger partial charge in [-0.15, -0.1) is 0 Å². The minimum atomic E-state index is -0.146. The fourth-order valence-electron chi connectivity index (χ4n) is 1.53. The van der Waals surface area contributed by atoms with Gasteiger partial charge in [-0.2, -0.15) is 0 Å². The van der Waals surface area contributed by atoms with Gasteiger partial charge in [0.1, 0.15) is 0 Å². The molecule has 0 saturated heterocycles. The van der Waals surface area contributed by atoms with Crippen LogP contribution < -0.4 is 10.9 Å². The highest BCUT2D eigenvalue weighted by atomic mass is 16.1. The molecule has 0 fully saturated rings. The summed E-state index contributed by atoms with van der Waals surface area (Å²) in [5, 5.41) is 2.75. The van der Waals surface area contributed by atoms with Crippen LogP contribution in [0.4, 0.5) is 0 Å². The minimum Gasteiger partial charge on any atom is -0.350 e. The van der Waals surface area contributed by atoms with E-state index in [9.17, 15) is 9.59 Å². The summed E-state index contributed by atoms with van der Waals surface area (Å²) in [6, 6.07) is 10.3. The molecule has 1 N–H and O–H groups in total. The first kappa shape index (κ1) is 12.0. The molecule has 1 heterocycles. The summed E-state index contributed by atoms with van der Waals surface area (Å²) in [6.07, 6.45) is 2.90. The molecule has 2 rings (SSSR count). The van der Waals surface area contributed by atoms with E-state index in [2.05, 4.69) is 10.3 Å². The van der Waals surface area contributed by atoms with Crippen LogP contribution in [0.2, 0.25) is 0 Å². The maximum absolute atomic E-state index is 11.7. The number of carbonyl (C=O) groups excluding carboxylic acids is 1. The van der Waals surface area contributed by atoms with Gasteiger partial charge >= 0.3 is 0 Å². The smallest absolute Gasteiger partial charge is 0.253 e. The van der Waals surface area contributed by atoms with Crippen LogP contribution >= 0.6 is 0 Å². The van der Waals surface area contributed by atoms with Gasteiger partial charge in [0.05, 0.1) is 6.33 Å². The summed E-state index contributed by atoms with van der Waals surface area (Å²) in [5.74, 6) is -0.146. The molecule has 0 atom stereocenters. The first-order valence-electron chi connectivity index (χ1n) is 5.61. The zero-order valence-electron chi connectivity index (χ0n) is 9.74. The molecular weight excluding hydrogens is 230 g/mol. The number of hydrogen-bond acceptors (Lipinski definition) is 3. The number of amides is 1. The lowest BCUT2D eigenvalue weighted by molar-refractivity contribution is 0.0952. The van der Waals surface area contributed by atoms with Gasteiger partial charge < -0.3 is 5.32 Å². The van der Waals surface area contributed by atoms with Crippen molar-refractivity contribution in [2.45, 2.75) is 6.54 Å². The van der Waals surface area contributed by atoms with Crippen LogP contribution in [0.15, 0.2) is 53.7 Å². The number of nitrogens with zero attached hydrogens (tertiary/aromatic N) is 2. The summed E-state index contributed by atoms with van der Waals surface area (Å²) < 4.78 is 1.45. The Bertz CT molecular complexity index is 578. The maximum atomic E-state index is 11.7. The van der Waals surface area contributed by atoms with Crippen molar-refractivity contribution in [2.75, 3.05) is 6.54 Å². The fourth-order valence-corrected chi connectivity index (χ4v) is 1.53. The number of aromatic nitrogens is 2. The summed E-state index contributed by atoms with van der Waals surface area (Å²) in [6.45, 7) is 0.796. The second kappa shape index (κ2) is 5.77. The Morgan fingerprint density at radius 3 is 2.72 bits per heavy atom. The van der Waals surface area contributed by atoms with Gasteiger partial charge in [-0.1, -0.05) is 18.2 Å². The van der Waals surface area contributed by atoms with Crippen LogP contribution in [0.1, 0.15) is 10.4 Å². The van der Waals surface area contributed by atoms with Gasteiger partial charge in [0.25, 0.3) is 11.5 Å². The Hall–Kier alpha value is -2.43. The van der Waals surface area contributed by atoms with Crippen LogP contribution in [0.3, 0.4) is 0 Å². The summed E-state index contributed by atoms with van der Waals surface area (Å²) in [5.41, 5.74) is 0.481. The third kappa shape index (κ3) is 3.04. The van der Waals surface area contributed by atoms with Gasteiger partial charge in [0, 0.05) is 30.9 Å². The van der Waals surface area contributed by atoms with E-state index in [1.54, 1.807) is 24.3 Å². The summed E-state index contributed by atoms with van der Waals surface area (Å²) in [4.78, 5) is 26.9. The predicted molar refractivity (Wildman–Crippen MR) is 67.3 cm³/mol. The van der Waals surface area contributed by atoms with Crippen LogP contribution in [-0.4, -0.2) is 22.0 Å². The Kier molecular flexibility index (Phi) is 3.86. The lowest BCUT2D eigenvalue weighted by Gasteiger charge is -2.06. The van der Waals surface area contributed by atoms with E-state index in [-0.39, 0.29) is 11.5 Å². The summed E-state index contributed by atoms with van der Waals surface area (Å²) in [7, 11) is 0. The number of carbonyl (C=O) groups is 1. The lowest BCUT2D eigenvalue weighted by Crippen LogP contribution is -2.30. The number of rotatable bonds is 4. The van der Waals surface area contributed by atoms with Crippen LogP contribution in [0.5, 0.6) is 0 Å². The number of nitrogens with one attached hydrogen (secondary N) is 1.